The Kier molecular flexibility index (Phi) is 4.18. The van der Waals surface area contributed by atoms with Crippen LogP contribution >= 0.6 is 0 Å². The Morgan fingerprint density at radius 3 is 1.56 bits per heavy atom. The standard InChI is InChI=1S/C9H18N6O3/c1-10-7(16)12-5-6(13-8(17)11-2)15(4)9(18)14(5)3/h5-6H,1-4H3,(H2,10,12,16)(H2,11,13,17)/t5-,6-/m1/s1. The van der Waals surface area contributed by atoms with Crippen molar-refractivity contribution in [3.63, 3.8) is 0 Å². The molecule has 6 amide bonds. The molecular weight excluding hydrogens is 240 g/mol. The first-order valence-electron chi connectivity index (χ1n) is 5.38. The van der Waals surface area contributed by atoms with Gasteiger partial charge in [0.05, 0.1) is 0 Å². The summed E-state index contributed by atoms with van der Waals surface area (Å²) >= 11 is 0. The van der Waals surface area contributed by atoms with Crippen LogP contribution in [0.25, 0.3) is 0 Å². The van der Waals surface area contributed by atoms with Crippen molar-refractivity contribution in [3.05, 3.63) is 0 Å². The van der Waals surface area contributed by atoms with Gasteiger partial charge in [0.2, 0.25) is 0 Å². The zero-order valence-corrected chi connectivity index (χ0v) is 10.8. The molecule has 1 aliphatic heterocycles. The third-order valence-corrected chi connectivity index (χ3v) is 2.75. The molecule has 0 aromatic rings. The fourth-order valence-electron chi connectivity index (χ4n) is 1.67. The Bertz CT molecular complexity index is 328. The van der Waals surface area contributed by atoms with Crippen LogP contribution in [0, 0.1) is 0 Å². The number of hydrogen-bond donors (Lipinski definition) is 4. The highest BCUT2D eigenvalue weighted by Gasteiger charge is 2.43. The molecule has 1 fully saturated rings. The topological polar surface area (TPSA) is 106 Å². The third-order valence-electron chi connectivity index (χ3n) is 2.75. The summed E-state index contributed by atoms with van der Waals surface area (Å²) in [4.78, 5) is 37.1. The van der Waals surface area contributed by atoms with E-state index in [4.69, 9.17) is 0 Å². The maximum Gasteiger partial charge on any atom is 0.323 e. The Morgan fingerprint density at radius 1 is 0.944 bits per heavy atom. The van der Waals surface area contributed by atoms with Crippen LogP contribution in [0.1, 0.15) is 0 Å². The number of rotatable bonds is 2. The van der Waals surface area contributed by atoms with Crippen molar-refractivity contribution in [1.82, 2.24) is 31.1 Å². The molecule has 1 heterocycles. The molecule has 1 rings (SSSR count). The Balaban J connectivity index is 2.84. The summed E-state index contributed by atoms with van der Waals surface area (Å²) in [5.74, 6) is 0. The maximum absolute atomic E-state index is 11.8. The lowest BCUT2D eigenvalue weighted by atomic mass is 10.3. The van der Waals surface area contributed by atoms with E-state index >= 15 is 0 Å². The zero-order chi connectivity index (χ0) is 13.9. The number of nitrogens with zero attached hydrogens (tertiary/aromatic N) is 2. The minimum absolute atomic E-state index is 0.294. The molecule has 0 aliphatic carbocycles. The van der Waals surface area contributed by atoms with Crippen molar-refractivity contribution in [3.8, 4) is 0 Å². The van der Waals surface area contributed by atoms with Crippen LogP contribution in [0.3, 0.4) is 0 Å². The van der Waals surface area contributed by atoms with E-state index in [1.54, 1.807) is 14.1 Å². The van der Waals surface area contributed by atoms with E-state index in [0.717, 1.165) is 0 Å². The van der Waals surface area contributed by atoms with Crippen LogP contribution in [0.4, 0.5) is 14.4 Å². The molecule has 0 unspecified atom stereocenters. The monoisotopic (exact) mass is 258 g/mol. The third kappa shape index (κ3) is 2.55. The Labute approximate surface area is 105 Å². The Hall–Kier alpha value is -2.19. The second-order valence-corrected chi connectivity index (χ2v) is 3.84. The summed E-state index contributed by atoms with van der Waals surface area (Å²) in [6.45, 7) is 0. The number of urea groups is 3. The molecule has 1 aliphatic rings. The fraction of sp³-hybridized carbons (Fsp3) is 0.667. The van der Waals surface area contributed by atoms with Crippen molar-refractivity contribution in [2.75, 3.05) is 28.2 Å². The van der Waals surface area contributed by atoms with Crippen LogP contribution in [0.5, 0.6) is 0 Å². The predicted molar refractivity (Wildman–Crippen MR) is 63.7 cm³/mol. The lowest BCUT2D eigenvalue weighted by Crippen LogP contribution is -2.58. The highest BCUT2D eigenvalue weighted by Crippen LogP contribution is 2.15. The highest BCUT2D eigenvalue weighted by molar-refractivity contribution is 5.82. The summed E-state index contributed by atoms with van der Waals surface area (Å²) in [6, 6.07) is -1.16. The van der Waals surface area contributed by atoms with Gasteiger partial charge >= 0.3 is 18.1 Å². The molecule has 0 spiro atoms. The normalized spacial score (nSPS) is 22.8. The van der Waals surface area contributed by atoms with Crippen LogP contribution in [-0.2, 0) is 0 Å². The van der Waals surface area contributed by atoms with Gasteiger partial charge in [-0.05, 0) is 0 Å². The van der Waals surface area contributed by atoms with Gasteiger partial charge in [-0.3, -0.25) is 0 Å². The average Bonchev–Trinajstić information content (AvgIpc) is 2.56. The van der Waals surface area contributed by atoms with E-state index in [2.05, 4.69) is 21.3 Å². The summed E-state index contributed by atoms with van der Waals surface area (Å²) in [7, 11) is 6.03. The summed E-state index contributed by atoms with van der Waals surface area (Å²) in [5, 5.41) is 9.97. The molecule has 0 radical (unpaired) electrons. The first-order chi connectivity index (χ1) is 8.42. The van der Waals surface area contributed by atoms with Crippen LogP contribution < -0.4 is 21.3 Å². The molecule has 0 bridgehead atoms. The second kappa shape index (κ2) is 5.43. The molecule has 0 aromatic heterocycles. The van der Waals surface area contributed by atoms with E-state index < -0.39 is 24.4 Å². The SMILES string of the molecule is CNC(=O)N[C@H]1[C@H](NC(=O)NC)N(C)C(=O)N1C. The lowest BCUT2D eigenvalue weighted by Gasteiger charge is -2.26. The van der Waals surface area contributed by atoms with E-state index in [1.165, 1.54) is 23.9 Å². The molecule has 9 nitrogen and oxygen atoms in total. The van der Waals surface area contributed by atoms with Crippen molar-refractivity contribution in [2.45, 2.75) is 12.3 Å². The van der Waals surface area contributed by atoms with Crippen molar-refractivity contribution < 1.29 is 14.4 Å². The average molecular weight is 258 g/mol. The zero-order valence-electron chi connectivity index (χ0n) is 10.8. The van der Waals surface area contributed by atoms with Crippen molar-refractivity contribution >= 4 is 18.1 Å². The number of carbonyl (C=O) groups is 3. The van der Waals surface area contributed by atoms with E-state index in [-0.39, 0.29) is 6.03 Å². The van der Waals surface area contributed by atoms with Gasteiger partial charge in [0.15, 0.2) is 0 Å². The fourth-order valence-corrected chi connectivity index (χ4v) is 1.67. The number of hydrogen-bond acceptors (Lipinski definition) is 3. The van der Waals surface area contributed by atoms with E-state index in [0.29, 0.717) is 0 Å². The van der Waals surface area contributed by atoms with Gasteiger partial charge in [-0.1, -0.05) is 0 Å². The molecule has 0 saturated carbocycles. The molecule has 0 aromatic carbocycles. The second-order valence-electron chi connectivity index (χ2n) is 3.84. The lowest BCUT2D eigenvalue weighted by molar-refractivity contribution is 0.195. The molecule has 18 heavy (non-hydrogen) atoms. The molecular formula is C9H18N6O3. The summed E-state index contributed by atoms with van der Waals surface area (Å²) in [5.41, 5.74) is 0. The number of carbonyl (C=O) groups excluding carboxylic acids is 3. The predicted octanol–water partition coefficient (Wildman–Crippen LogP) is -1.51. The molecule has 1 saturated heterocycles. The molecule has 102 valence electrons. The smallest absolute Gasteiger partial charge is 0.323 e. The summed E-state index contributed by atoms with van der Waals surface area (Å²) in [6.07, 6.45) is -1.28. The minimum Gasteiger partial charge on any atom is -0.341 e. The largest absolute Gasteiger partial charge is 0.341 e. The molecule has 9 heteroatoms. The number of likely N-dealkylation sites (N-methyl/N-ethyl adjacent to an activating group) is 2. The van der Waals surface area contributed by atoms with E-state index in [9.17, 15) is 14.4 Å². The van der Waals surface area contributed by atoms with Crippen LogP contribution in [0.2, 0.25) is 0 Å². The number of amides is 6. The van der Waals surface area contributed by atoms with Gasteiger partial charge in [-0.25, -0.2) is 14.4 Å². The van der Waals surface area contributed by atoms with Crippen LogP contribution in [0.15, 0.2) is 0 Å². The first-order valence-corrected chi connectivity index (χ1v) is 5.38. The molecule has 2 atom stereocenters. The van der Waals surface area contributed by atoms with Crippen molar-refractivity contribution in [2.24, 2.45) is 0 Å². The molecule has 4 N–H and O–H groups in total. The Morgan fingerprint density at radius 2 is 1.28 bits per heavy atom. The highest BCUT2D eigenvalue weighted by atomic mass is 16.2. The van der Waals surface area contributed by atoms with Gasteiger partial charge < -0.3 is 31.1 Å². The van der Waals surface area contributed by atoms with Gasteiger partial charge in [-0.15, -0.1) is 0 Å². The van der Waals surface area contributed by atoms with Gasteiger partial charge in [0.1, 0.15) is 12.3 Å². The minimum atomic E-state index is -0.639. The number of nitrogens with one attached hydrogen (secondary N) is 4. The van der Waals surface area contributed by atoms with Gasteiger partial charge in [-0.2, -0.15) is 0 Å². The van der Waals surface area contributed by atoms with Gasteiger partial charge in [0.25, 0.3) is 0 Å². The van der Waals surface area contributed by atoms with Crippen LogP contribution in [-0.4, -0.2) is 68.4 Å². The quantitative estimate of drug-likeness (QED) is 0.484. The van der Waals surface area contributed by atoms with Crippen molar-refractivity contribution in [1.29, 1.82) is 0 Å². The van der Waals surface area contributed by atoms with E-state index in [1.807, 2.05) is 0 Å². The summed E-state index contributed by atoms with van der Waals surface area (Å²) < 4.78 is 0. The maximum atomic E-state index is 11.8. The first kappa shape index (κ1) is 13.9. The van der Waals surface area contributed by atoms with Gasteiger partial charge in [0, 0.05) is 28.2 Å².